The first-order chi connectivity index (χ1) is 7.28. The van der Waals surface area contributed by atoms with Crippen LogP contribution in [0.5, 0.6) is 0 Å². The van der Waals surface area contributed by atoms with Crippen LogP contribution in [-0.2, 0) is 0 Å². The minimum Gasteiger partial charge on any atom is -0.357 e. The molecule has 2 rings (SSSR count). The van der Waals surface area contributed by atoms with Crippen molar-refractivity contribution in [1.82, 2.24) is 24.3 Å². The van der Waals surface area contributed by atoms with E-state index in [2.05, 4.69) is 29.6 Å². The largest absolute Gasteiger partial charge is 0.357 e. The van der Waals surface area contributed by atoms with Gasteiger partial charge in [0, 0.05) is 7.05 Å². The first-order valence-electron chi connectivity index (χ1n) is 3.82. The zero-order valence-electron chi connectivity index (χ0n) is 7.51. The van der Waals surface area contributed by atoms with E-state index in [1.807, 2.05) is 0 Å². The lowest BCUT2D eigenvalue weighted by Crippen LogP contribution is -1.99. The molecule has 0 atom stereocenters. The third-order valence-electron chi connectivity index (χ3n) is 1.33. The van der Waals surface area contributed by atoms with Gasteiger partial charge in [0.1, 0.15) is 6.33 Å². The van der Waals surface area contributed by atoms with Crippen molar-refractivity contribution in [1.29, 1.82) is 0 Å². The van der Waals surface area contributed by atoms with Crippen LogP contribution in [0.3, 0.4) is 0 Å². The van der Waals surface area contributed by atoms with Crippen LogP contribution in [-0.4, -0.2) is 31.4 Å². The zero-order chi connectivity index (χ0) is 10.7. The molecule has 6 nitrogen and oxygen atoms in total. The first kappa shape index (κ1) is 10.5. The van der Waals surface area contributed by atoms with Crippen molar-refractivity contribution in [3.05, 3.63) is 11.6 Å². The van der Waals surface area contributed by atoms with E-state index < -0.39 is 0 Å². The van der Waals surface area contributed by atoms with Crippen molar-refractivity contribution in [3.8, 4) is 0 Å². The molecule has 2 aromatic rings. The fraction of sp³-hybridized carbons (Fsp3) is 0.167. The molecule has 15 heavy (non-hydrogen) atoms. The molecule has 1 N–H and O–H groups in total. The molecule has 0 aliphatic carbocycles. The highest BCUT2D eigenvalue weighted by molar-refractivity contribution is 8.00. The molecule has 0 aliphatic rings. The molecular formula is C6H5ClN6S2. The predicted octanol–water partition coefficient (Wildman–Crippen LogP) is 1.57. The second kappa shape index (κ2) is 4.69. The van der Waals surface area contributed by atoms with Crippen molar-refractivity contribution in [2.45, 2.75) is 9.50 Å². The Morgan fingerprint density at radius 3 is 2.93 bits per heavy atom. The molecule has 0 saturated heterocycles. The van der Waals surface area contributed by atoms with Gasteiger partial charge < -0.3 is 5.32 Å². The lowest BCUT2D eigenvalue weighted by molar-refractivity contribution is 0.907. The van der Waals surface area contributed by atoms with Gasteiger partial charge in [-0.05, 0) is 34.9 Å². The third kappa shape index (κ3) is 2.74. The van der Waals surface area contributed by atoms with Gasteiger partial charge >= 0.3 is 0 Å². The summed E-state index contributed by atoms with van der Waals surface area (Å²) in [6, 6.07) is 0. The highest BCUT2D eigenvalue weighted by Crippen LogP contribution is 2.25. The highest BCUT2D eigenvalue weighted by atomic mass is 35.5. The second-order valence-electron chi connectivity index (χ2n) is 2.27. The average molecular weight is 261 g/mol. The van der Waals surface area contributed by atoms with Gasteiger partial charge in [0.2, 0.25) is 16.4 Å². The molecule has 0 fully saturated rings. The Kier molecular flexibility index (Phi) is 3.29. The van der Waals surface area contributed by atoms with Crippen LogP contribution >= 0.6 is 34.9 Å². The number of hydrogen-bond donors (Lipinski definition) is 1. The van der Waals surface area contributed by atoms with Crippen molar-refractivity contribution in [3.63, 3.8) is 0 Å². The topological polar surface area (TPSA) is 76.5 Å². The number of rotatable bonds is 3. The predicted molar refractivity (Wildman–Crippen MR) is 58.4 cm³/mol. The van der Waals surface area contributed by atoms with Crippen LogP contribution in [0.25, 0.3) is 0 Å². The third-order valence-corrected chi connectivity index (χ3v) is 3.08. The normalized spacial score (nSPS) is 10.3. The van der Waals surface area contributed by atoms with Crippen LogP contribution in [0.1, 0.15) is 0 Å². The van der Waals surface area contributed by atoms with Gasteiger partial charge in [-0.1, -0.05) is 0 Å². The Morgan fingerprint density at radius 1 is 1.40 bits per heavy atom. The van der Waals surface area contributed by atoms with Gasteiger partial charge in [-0.2, -0.15) is 19.3 Å². The Morgan fingerprint density at radius 2 is 2.27 bits per heavy atom. The summed E-state index contributed by atoms with van der Waals surface area (Å²) in [4.78, 5) is 15.9. The van der Waals surface area contributed by atoms with Gasteiger partial charge in [-0.25, -0.2) is 4.98 Å². The second-order valence-corrected chi connectivity index (χ2v) is 4.60. The summed E-state index contributed by atoms with van der Waals surface area (Å²) >= 11 is 8.29. The molecule has 0 aromatic carbocycles. The Balaban J connectivity index is 2.24. The smallest absolute Gasteiger partial charge is 0.228 e. The molecule has 0 radical (unpaired) electrons. The summed E-state index contributed by atoms with van der Waals surface area (Å²) in [7, 11) is 1.71. The van der Waals surface area contributed by atoms with Gasteiger partial charge in [0.25, 0.3) is 0 Å². The van der Waals surface area contributed by atoms with E-state index in [9.17, 15) is 0 Å². The number of halogens is 1. The molecule has 0 saturated carbocycles. The van der Waals surface area contributed by atoms with Gasteiger partial charge in [-0.15, -0.1) is 0 Å². The van der Waals surface area contributed by atoms with Crippen LogP contribution in [0, 0.1) is 0 Å². The Labute approximate surface area is 98.7 Å². The molecule has 2 heterocycles. The summed E-state index contributed by atoms with van der Waals surface area (Å²) < 4.78 is 4.64. The number of aromatic nitrogens is 5. The molecule has 78 valence electrons. The maximum atomic E-state index is 5.72. The van der Waals surface area contributed by atoms with Crippen LogP contribution in [0.4, 0.5) is 5.95 Å². The number of nitrogens with one attached hydrogen (secondary N) is 1. The minimum atomic E-state index is 0.154. The summed E-state index contributed by atoms with van der Waals surface area (Å²) in [6.07, 6.45) is 1.48. The lowest BCUT2D eigenvalue weighted by Gasteiger charge is -2.00. The van der Waals surface area contributed by atoms with Crippen LogP contribution in [0.2, 0.25) is 5.28 Å². The Bertz CT molecular complexity index is 447. The Hall–Kier alpha value is -0.990. The van der Waals surface area contributed by atoms with E-state index in [1.54, 1.807) is 7.05 Å². The molecule has 0 unspecified atom stereocenters. The first-order valence-corrected chi connectivity index (χ1v) is 5.78. The molecule has 0 aliphatic heterocycles. The van der Waals surface area contributed by atoms with Gasteiger partial charge in [0.15, 0.2) is 4.34 Å². The molecule has 0 amide bonds. The minimum absolute atomic E-state index is 0.154. The number of anilines is 1. The van der Waals surface area contributed by atoms with E-state index in [0.29, 0.717) is 11.1 Å². The maximum Gasteiger partial charge on any atom is 0.228 e. The van der Waals surface area contributed by atoms with Crippen LogP contribution < -0.4 is 5.32 Å². The van der Waals surface area contributed by atoms with Crippen molar-refractivity contribution < 1.29 is 0 Å². The van der Waals surface area contributed by atoms with E-state index in [-0.39, 0.29) is 5.28 Å². The standard InChI is InChI=1S/C6H5ClN6S2/c1-8-4-11-3(7)12-5(13-4)14-6-9-2-10-15-6/h2H,1H3,(H,8,11,12,13). The van der Waals surface area contributed by atoms with Crippen LogP contribution in [0.15, 0.2) is 15.8 Å². The average Bonchev–Trinajstić information content (AvgIpc) is 2.69. The van der Waals surface area contributed by atoms with E-state index in [0.717, 1.165) is 4.34 Å². The number of hydrogen-bond acceptors (Lipinski definition) is 8. The molecule has 0 bridgehead atoms. The van der Waals surface area contributed by atoms with E-state index >= 15 is 0 Å². The zero-order valence-corrected chi connectivity index (χ0v) is 9.90. The van der Waals surface area contributed by atoms with Gasteiger partial charge in [-0.3, -0.25) is 0 Å². The SMILES string of the molecule is CNc1nc(Cl)nc(Sc2ncns2)n1. The molecular weight excluding hydrogens is 256 g/mol. The van der Waals surface area contributed by atoms with Crippen molar-refractivity contribution >= 4 is 40.8 Å². The fourth-order valence-corrected chi connectivity index (χ4v) is 2.29. The molecule has 2 aromatic heterocycles. The quantitative estimate of drug-likeness (QED) is 0.898. The molecule has 0 spiro atoms. The highest BCUT2D eigenvalue weighted by Gasteiger charge is 2.07. The van der Waals surface area contributed by atoms with Gasteiger partial charge in [0.05, 0.1) is 0 Å². The van der Waals surface area contributed by atoms with E-state index in [1.165, 1.54) is 29.6 Å². The maximum absolute atomic E-state index is 5.72. The molecule has 9 heteroatoms. The van der Waals surface area contributed by atoms with Crippen molar-refractivity contribution in [2.75, 3.05) is 12.4 Å². The summed E-state index contributed by atoms with van der Waals surface area (Å²) in [5.74, 6) is 0.432. The summed E-state index contributed by atoms with van der Waals surface area (Å²) in [6.45, 7) is 0. The summed E-state index contributed by atoms with van der Waals surface area (Å²) in [5, 5.41) is 3.45. The fourth-order valence-electron chi connectivity index (χ4n) is 0.775. The monoisotopic (exact) mass is 260 g/mol. The van der Waals surface area contributed by atoms with Crippen molar-refractivity contribution in [2.24, 2.45) is 0 Å². The number of nitrogens with zero attached hydrogens (tertiary/aromatic N) is 5. The summed E-state index contributed by atoms with van der Waals surface area (Å²) in [5.41, 5.74) is 0. The van der Waals surface area contributed by atoms with E-state index in [4.69, 9.17) is 11.6 Å². The lowest BCUT2D eigenvalue weighted by atomic mass is 10.9.